The van der Waals surface area contributed by atoms with E-state index in [-0.39, 0.29) is 6.61 Å². The Morgan fingerprint density at radius 1 is 1.19 bits per heavy atom. The van der Waals surface area contributed by atoms with E-state index in [4.69, 9.17) is 9.47 Å². The summed E-state index contributed by atoms with van der Waals surface area (Å²) in [6, 6.07) is 8.26. The van der Waals surface area contributed by atoms with Gasteiger partial charge in [0.15, 0.2) is 0 Å². The Bertz CT molecular complexity index is 1110. The molecule has 3 heterocycles. The maximum Gasteiger partial charge on any atom is 0.337 e. The Morgan fingerprint density at radius 3 is 2.77 bits per heavy atom. The van der Waals surface area contributed by atoms with Crippen molar-refractivity contribution in [3.05, 3.63) is 58.5 Å². The molecular formula is C18H13FN4O3. The molecule has 0 aliphatic carbocycles. The number of nitrogens with zero attached hydrogens (tertiary/aromatic N) is 2. The van der Waals surface area contributed by atoms with Crippen LogP contribution in [-0.2, 0) is 9.53 Å². The van der Waals surface area contributed by atoms with E-state index in [1.165, 1.54) is 13.2 Å². The second kappa shape index (κ2) is 5.29. The maximum absolute atomic E-state index is 14.8. The molecule has 0 amide bonds. The van der Waals surface area contributed by atoms with E-state index in [0.29, 0.717) is 33.6 Å². The van der Waals surface area contributed by atoms with Gasteiger partial charge < -0.3 is 14.8 Å². The van der Waals surface area contributed by atoms with Gasteiger partial charge in [-0.15, -0.1) is 0 Å². The van der Waals surface area contributed by atoms with Crippen LogP contribution in [0.5, 0.6) is 5.75 Å². The highest BCUT2D eigenvalue weighted by molar-refractivity contribution is 5.98. The number of halogens is 1. The molecule has 0 saturated carbocycles. The van der Waals surface area contributed by atoms with Crippen LogP contribution in [0, 0.1) is 5.82 Å². The number of fused-ring (bicyclic) bond motifs is 2. The molecule has 3 aromatic rings. The van der Waals surface area contributed by atoms with Gasteiger partial charge in [-0.25, -0.2) is 9.18 Å². The first-order chi connectivity index (χ1) is 12.7. The van der Waals surface area contributed by atoms with Crippen LogP contribution in [0.2, 0.25) is 0 Å². The number of rotatable bonds is 2. The quantitative estimate of drug-likeness (QED) is 0.689. The molecule has 0 radical (unpaired) electrons. The van der Waals surface area contributed by atoms with Crippen molar-refractivity contribution in [2.24, 2.45) is 0 Å². The average molecular weight is 352 g/mol. The SMILES string of the molecule is COc1ccc([C@H]2C3=C(COC3=O)Nc3cc4n[nH]nc4cc32)c(F)c1. The lowest BCUT2D eigenvalue weighted by molar-refractivity contribution is -0.136. The Hall–Kier alpha value is -3.42. The number of hydrogen-bond donors (Lipinski definition) is 2. The van der Waals surface area contributed by atoms with E-state index in [0.717, 1.165) is 11.3 Å². The van der Waals surface area contributed by atoms with Crippen LogP contribution in [0.25, 0.3) is 11.0 Å². The smallest absolute Gasteiger partial charge is 0.337 e. The summed E-state index contributed by atoms with van der Waals surface area (Å²) in [5, 5.41) is 14.0. The number of ether oxygens (including phenoxy) is 2. The average Bonchev–Trinajstić information content (AvgIpc) is 3.24. The van der Waals surface area contributed by atoms with E-state index in [1.807, 2.05) is 12.1 Å². The molecule has 1 atom stereocenters. The fourth-order valence-corrected chi connectivity index (χ4v) is 3.57. The number of H-pyrrole nitrogens is 1. The largest absolute Gasteiger partial charge is 0.497 e. The minimum absolute atomic E-state index is 0.138. The molecule has 2 aliphatic rings. The third-order valence-electron chi connectivity index (χ3n) is 4.78. The van der Waals surface area contributed by atoms with Gasteiger partial charge in [-0.2, -0.15) is 15.4 Å². The molecule has 8 heteroatoms. The van der Waals surface area contributed by atoms with Crippen molar-refractivity contribution in [1.29, 1.82) is 0 Å². The highest BCUT2D eigenvalue weighted by Gasteiger charge is 2.39. The van der Waals surface area contributed by atoms with Gasteiger partial charge in [0.1, 0.15) is 29.2 Å². The molecule has 0 bridgehead atoms. The molecule has 0 saturated heterocycles. The number of methoxy groups -OCH3 is 1. The Kier molecular flexibility index (Phi) is 3.03. The lowest BCUT2D eigenvalue weighted by Gasteiger charge is -2.27. The van der Waals surface area contributed by atoms with Gasteiger partial charge in [-0.1, -0.05) is 6.07 Å². The topological polar surface area (TPSA) is 89.1 Å². The Morgan fingerprint density at radius 2 is 2.00 bits per heavy atom. The molecule has 0 fully saturated rings. The summed E-state index contributed by atoms with van der Waals surface area (Å²) in [6.45, 7) is 0.138. The first-order valence-corrected chi connectivity index (χ1v) is 8.01. The van der Waals surface area contributed by atoms with Crippen molar-refractivity contribution in [2.45, 2.75) is 5.92 Å². The number of anilines is 1. The number of cyclic esters (lactones) is 1. The third kappa shape index (κ3) is 2.01. The van der Waals surface area contributed by atoms with Crippen LogP contribution in [-0.4, -0.2) is 35.1 Å². The van der Waals surface area contributed by atoms with Gasteiger partial charge in [0, 0.05) is 23.2 Å². The number of esters is 1. The van der Waals surface area contributed by atoms with Crippen molar-refractivity contribution >= 4 is 22.7 Å². The number of benzene rings is 2. The highest BCUT2D eigenvalue weighted by atomic mass is 19.1. The van der Waals surface area contributed by atoms with Crippen LogP contribution in [0.1, 0.15) is 17.0 Å². The van der Waals surface area contributed by atoms with Gasteiger partial charge in [-0.05, 0) is 23.8 Å². The molecule has 7 nitrogen and oxygen atoms in total. The summed E-state index contributed by atoms with van der Waals surface area (Å²) >= 11 is 0. The number of nitrogens with one attached hydrogen (secondary N) is 2. The van der Waals surface area contributed by atoms with E-state index in [1.54, 1.807) is 12.1 Å². The first-order valence-electron chi connectivity index (χ1n) is 8.01. The highest BCUT2D eigenvalue weighted by Crippen LogP contribution is 2.46. The summed E-state index contributed by atoms with van der Waals surface area (Å²) in [7, 11) is 1.48. The minimum Gasteiger partial charge on any atom is -0.497 e. The number of carbonyl (C=O) groups is 1. The monoisotopic (exact) mass is 352 g/mol. The molecule has 0 spiro atoms. The molecule has 26 heavy (non-hydrogen) atoms. The van der Waals surface area contributed by atoms with E-state index >= 15 is 0 Å². The molecule has 2 N–H and O–H groups in total. The van der Waals surface area contributed by atoms with Crippen LogP contribution in [0.15, 0.2) is 41.6 Å². The zero-order valence-corrected chi connectivity index (χ0v) is 13.7. The molecule has 5 rings (SSSR count). The van der Waals surface area contributed by atoms with Gasteiger partial charge in [0.05, 0.1) is 18.4 Å². The van der Waals surface area contributed by atoms with Crippen LogP contribution in [0.3, 0.4) is 0 Å². The lowest BCUT2D eigenvalue weighted by atomic mass is 9.80. The summed E-state index contributed by atoms with van der Waals surface area (Å²) in [6.07, 6.45) is 0. The van der Waals surface area contributed by atoms with Crippen LogP contribution in [0.4, 0.5) is 10.1 Å². The lowest BCUT2D eigenvalue weighted by Crippen LogP contribution is -2.20. The zero-order chi connectivity index (χ0) is 17.8. The minimum atomic E-state index is -0.594. The fraction of sp³-hybridized carbons (Fsp3) is 0.167. The van der Waals surface area contributed by atoms with E-state index in [9.17, 15) is 9.18 Å². The molecular weight excluding hydrogens is 339 g/mol. The van der Waals surface area contributed by atoms with Crippen molar-refractivity contribution < 1.29 is 18.7 Å². The molecule has 130 valence electrons. The molecule has 1 aromatic heterocycles. The number of aromatic nitrogens is 3. The van der Waals surface area contributed by atoms with E-state index in [2.05, 4.69) is 20.7 Å². The summed E-state index contributed by atoms with van der Waals surface area (Å²) in [5.41, 5.74) is 4.26. The number of aromatic amines is 1. The third-order valence-corrected chi connectivity index (χ3v) is 4.78. The Labute approximate surface area is 146 Å². The predicted octanol–water partition coefficient (Wildman–Crippen LogP) is 2.47. The first kappa shape index (κ1) is 14.9. The van der Waals surface area contributed by atoms with Crippen molar-refractivity contribution in [2.75, 3.05) is 19.0 Å². The van der Waals surface area contributed by atoms with Crippen LogP contribution < -0.4 is 10.1 Å². The normalized spacial score (nSPS) is 18.4. The van der Waals surface area contributed by atoms with Gasteiger partial charge in [0.2, 0.25) is 0 Å². The number of carbonyl (C=O) groups excluding carboxylic acids is 1. The molecule has 0 unspecified atom stereocenters. The Balaban J connectivity index is 1.77. The van der Waals surface area contributed by atoms with E-state index < -0.39 is 17.7 Å². The summed E-state index contributed by atoms with van der Waals surface area (Å²) in [5.74, 6) is -1.08. The molecule has 2 aromatic carbocycles. The van der Waals surface area contributed by atoms with Crippen molar-refractivity contribution in [3.8, 4) is 5.75 Å². The predicted molar refractivity (Wildman–Crippen MR) is 90.3 cm³/mol. The molecule has 2 aliphatic heterocycles. The van der Waals surface area contributed by atoms with Gasteiger partial charge in [-0.3, -0.25) is 0 Å². The van der Waals surface area contributed by atoms with Crippen molar-refractivity contribution in [3.63, 3.8) is 0 Å². The maximum atomic E-state index is 14.8. The standard InChI is InChI=1S/C18H13FN4O3/c1-25-8-2-3-9(11(19)4-8)16-10-5-13-14(22-23-21-13)6-12(10)20-15-7-26-18(24)17(15)16/h2-6,16,20H,7H2,1H3,(H,21,22,23)/t16-/m1/s1. The number of hydrogen-bond acceptors (Lipinski definition) is 6. The van der Waals surface area contributed by atoms with Gasteiger partial charge >= 0.3 is 5.97 Å². The zero-order valence-electron chi connectivity index (χ0n) is 13.7. The van der Waals surface area contributed by atoms with Gasteiger partial charge in [0.25, 0.3) is 0 Å². The van der Waals surface area contributed by atoms with Crippen molar-refractivity contribution in [1.82, 2.24) is 15.4 Å². The summed E-state index contributed by atoms with van der Waals surface area (Å²) in [4.78, 5) is 12.3. The fourth-order valence-electron chi connectivity index (χ4n) is 3.57. The summed E-state index contributed by atoms with van der Waals surface area (Å²) < 4.78 is 25.1. The second-order valence-corrected chi connectivity index (χ2v) is 6.17. The van der Waals surface area contributed by atoms with Crippen LogP contribution >= 0.6 is 0 Å². The second-order valence-electron chi connectivity index (χ2n) is 6.17.